The molecule has 1 heterocycles. The van der Waals surface area contributed by atoms with Gasteiger partial charge >= 0.3 is 0 Å². The number of hydrogen-bond acceptors (Lipinski definition) is 4. The first kappa shape index (κ1) is 12.6. The van der Waals surface area contributed by atoms with Gasteiger partial charge in [0, 0.05) is 18.0 Å². The quantitative estimate of drug-likeness (QED) is 0.848. The van der Waals surface area contributed by atoms with E-state index in [1.165, 1.54) is 0 Å². The number of anilines is 1. The van der Waals surface area contributed by atoms with E-state index < -0.39 is 0 Å². The lowest BCUT2D eigenvalue weighted by molar-refractivity contribution is 0.419. The van der Waals surface area contributed by atoms with Gasteiger partial charge in [0.05, 0.1) is 12.6 Å². The van der Waals surface area contributed by atoms with Gasteiger partial charge < -0.3 is 15.8 Å². The molecule has 18 heavy (non-hydrogen) atoms. The Morgan fingerprint density at radius 2 is 2.17 bits per heavy atom. The molecular formula is C14H19N3O. The predicted octanol–water partition coefficient (Wildman–Crippen LogP) is 2.25. The maximum Gasteiger partial charge on any atom is 0.131 e. The zero-order valence-corrected chi connectivity index (χ0v) is 10.8. The zero-order valence-electron chi connectivity index (χ0n) is 10.8. The molecule has 0 amide bonds. The molecule has 0 fully saturated rings. The fourth-order valence-corrected chi connectivity index (χ4v) is 1.77. The molecular weight excluding hydrogens is 226 g/mol. The number of benzene rings is 1. The van der Waals surface area contributed by atoms with Crippen LogP contribution in [0.2, 0.25) is 0 Å². The van der Waals surface area contributed by atoms with Gasteiger partial charge in [-0.2, -0.15) is 0 Å². The highest BCUT2D eigenvalue weighted by Gasteiger charge is 2.06. The van der Waals surface area contributed by atoms with Gasteiger partial charge in [0.2, 0.25) is 0 Å². The summed E-state index contributed by atoms with van der Waals surface area (Å²) in [6.45, 7) is 3.58. The van der Waals surface area contributed by atoms with Crippen LogP contribution in [0.5, 0.6) is 5.75 Å². The first-order valence-corrected chi connectivity index (χ1v) is 6.12. The minimum atomic E-state index is 0.421. The molecule has 1 unspecified atom stereocenters. The van der Waals surface area contributed by atoms with Crippen LogP contribution in [-0.2, 0) is 0 Å². The summed E-state index contributed by atoms with van der Waals surface area (Å²) in [5.41, 5.74) is 6.53. The van der Waals surface area contributed by atoms with Crippen LogP contribution in [0.1, 0.15) is 6.92 Å². The first-order chi connectivity index (χ1) is 8.74. The Morgan fingerprint density at radius 1 is 1.39 bits per heavy atom. The second-order valence-electron chi connectivity index (χ2n) is 4.45. The van der Waals surface area contributed by atoms with Crippen molar-refractivity contribution in [2.45, 2.75) is 6.92 Å². The van der Waals surface area contributed by atoms with Crippen LogP contribution in [0.4, 0.5) is 5.82 Å². The summed E-state index contributed by atoms with van der Waals surface area (Å²) in [4.78, 5) is 4.56. The molecule has 1 aromatic carbocycles. The summed E-state index contributed by atoms with van der Waals surface area (Å²) in [7, 11) is 1.67. The fourth-order valence-electron chi connectivity index (χ4n) is 1.77. The number of para-hydroxylation sites is 1. The van der Waals surface area contributed by atoms with E-state index in [9.17, 15) is 0 Å². The van der Waals surface area contributed by atoms with Crippen LogP contribution in [0, 0.1) is 5.92 Å². The summed E-state index contributed by atoms with van der Waals surface area (Å²) in [5.74, 6) is 2.08. The molecule has 4 heteroatoms. The second-order valence-corrected chi connectivity index (χ2v) is 4.45. The number of pyridine rings is 1. The number of methoxy groups -OCH3 is 1. The van der Waals surface area contributed by atoms with Gasteiger partial charge in [-0.25, -0.2) is 4.98 Å². The lowest BCUT2D eigenvalue weighted by atomic mass is 10.2. The topological polar surface area (TPSA) is 60.2 Å². The molecule has 4 nitrogen and oxygen atoms in total. The highest BCUT2D eigenvalue weighted by atomic mass is 16.5. The Morgan fingerprint density at radius 3 is 2.89 bits per heavy atom. The third-order valence-corrected chi connectivity index (χ3v) is 2.93. The van der Waals surface area contributed by atoms with E-state index in [1.54, 1.807) is 7.11 Å². The molecule has 0 aliphatic heterocycles. The molecule has 0 aliphatic carbocycles. The maximum atomic E-state index is 5.60. The molecule has 2 aromatic rings. The Balaban J connectivity index is 2.29. The molecule has 1 atom stereocenters. The molecule has 1 aromatic heterocycles. The zero-order chi connectivity index (χ0) is 13.0. The lowest BCUT2D eigenvalue weighted by Gasteiger charge is -2.13. The third-order valence-electron chi connectivity index (χ3n) is 2.93. The normalized spacial score (nSPS) is 12.4. The molecule has 0 bridgehead atoms. The predicted molar refractivity (Wildman–Crippen MR) is 75.0 cm³/mol. The number of aromatic nitrogens is 1. The SMILES string of the molecule is COc1cc(NCC(C)CN)nc2ccccc12. The van der Waals surface area contributed by atoms with Crippen molar-refractivity contribution in [3.05, 3.63) is 30.3 Å². The van der Waals surface area contributed by atoms with E-state index in [4.69, 9.17) is 10.5 Å². The van der Waals surface area contributed by atoms with Crippen LogP contribution in [-0.4, -0.2) is 25.2 Å². The number of nitrogens with zero attached hydrogens (tertiary/aromatic N) is 1. The second kappa shape index (κ2) is 5.69. The number of nitrogens with two attached hydrogens (primary N) is 1. The van der Waals surface area contributed by atoms with Gasteiger partial charge in [0.1, 0.15) is 11.6 Å². The van der Waals surface area contributed by atoms with E-state index in [0.29, 0.717) is 12.5 Å². The molecule has 0 saturated heterocycles. The summed E-state index contributed by atoms with van der Waals surface area (Å²) < 4.78 is 5.40. The summed E-state index contributed by atoms with van der Waals surface area (Å²) in [6.07, 6.45) is 0. The minimum Gasteiger partial charge on any atom is -0.496 e. The molecule has 0 spiro atoms. The van der Waals surface area contributed by atoms with Gasteiger partial charge in [-0.15, -0.1) is 0 Å². The Bertz CT molecular complexity index is 527. The number of fused-ring (bicyclic) bond motifs is 1. The number of ether oxygens (including phenoxy) is 1. The van der Waals surface area contributed by atoms with Crippen LogP contribution < -0.4 is 15.8 Å². The van der Waals surface area contributed by atoms with Gasteiger partial charge in [-0.05, 0) is 24.6 Å². The van der Waals surface area contributed by atoms with Crippen LogP contribution in [0.3, 0.4) is 0 Å². The average molecular weight is 245 g/mol. The Kier molecular flexibility index (Phi) is 3.99. The van der Waals surface area contributed by atoms with Crippen LogP contribution in [0.25, 0.3) is 10.9 Å². The number of rotatable bonds is 5. The van der Waals surface area contributed by atoms with Crippen molar-refractivity contribution < 1.29 is 4.74 Å². The molecule has 0 aliphatic rings. The number of hydrogen-bond donors (Lipinski definition) is 2. The molecule has 96 valence electrons. The van der Waals surface area contributed by atoms with E-state index in [1.807, 2.05) is 30.3 Å². The molecule has 0 saturated carbocycles. The number of nitrogens with one attached hydrogen (secondary N) is 1. The van der Waals surface area contributed by atoms with Gasteiger partial charge in [-0.3, -0.25) is 0 Å². The van der Waals surface area contributed by atoms with Crippen molar-refractivity contribution in [2.24, 2.45) is 11.7 Å². The minimum absolute atomic E-state index is 0.421. The average Bonchev–Trinajstić information content (AvgIpc) is 2.43. The fraction of sp³-hybridized carbons (Fsp3) is 0.357. The highest BCUT2D eigenvalue weighted by Crippen LogP contribution is 2.26. The van der Waals surface area contributed by atoms with Crippen molar-refractivity contribution in [1.82, 2.24) is 4.98 Å². The van der Waals surface area contributed by atoms with Crippen molar-refractivity contribution in [3.8, 4) is 5.75 Å². The maximum absolute atomic E-state index is 5.60. The summed E-state index contributed by atoms with van der Waals surface area (Å²) in [5, 5.41) is 4.32. The Labute approximate surface area is 107 Å². The highest BCUT2D eigenvalue weighted by molar-refractivity contribution is 5.86. The standard InChI is InChI=1S/C14H19N3O/c1-10(8-15)9-16-14-7-13(18-2)11-5-3-4-6-12(11)17-14/h3-7,10H,8-9,15H2,1-2H3,(H,16,17). The summed E-state index contributed by atoms with van der Waals surface area (Å²) >= 11 is 0. The van der Waals surface area contributed by atoms with E-state index >= 15 is 0 Å². The third kappa shape index (κ3) is 2.71. The molecule has 2 rings (SSSR count). The van der Waals surface area contributed by atoms with Crippen LogP contribution >= 0.6 is 0 Å². The van der Waals surface area contributed by atoms with Crippen molar-refractivity contribution in [2.75, 3.05) is 25.5 Å². The lowest BCUT2D eigenvalue weighted by Crippen LogP contribution is -2.20. The van der Waals surface area contributed by atoms with E-state index in [2.05, 4.69) is 17.2 Å². The van der Waals surface area contributed by atoms with E-state index in [0.717, 1.165) is 29.0 Å². The smallest absolute Gasteiger partial charge is 0.131 e. The summed E-state index contributed by atoms with van der Waals surface area (Å²) in [6, 6.07) is 9.87. The van der Waals surface area contributed by atoms with Crippen molar-refractivity contribution in [1.29, 1.82) is 0 Å². The first-order valence-electron chi connectivity index (χ1n) is 6.12. The monoisotopic (exact) mass is 245 g/mol. The van der Waals surface area contributed by atoms with Crippen molar-refractivity contribution in [3.63, 3.8) is 0 Å². The largest absolute Gasteiger partial charge is 0.496 e. The molecule has 0 radical (unpaired) electrons. The Hall–Kier alpha value is -1.81. The van der Waals surface area contributed by atoms with Gasteiger partial charge in [-0.1, -0.05) is 19.1 Å². The van der Waals surface area contributed by atoms with Gasteiger partial charge in [0.25, 0.3) is 0 Å². The molecule has 3 N–H and O–H groups in total. The van der Waals surface area contributed by atoms with Crippen molar-refractivity contribution >= 4 is 16.7 Å². The van der Waals surface area contributed by atoms with E-state index in [-0.39, 0.29) is 0 Å². The van der Waals surface area contributed by atoms with Crippen LogP contribution in [0.15, 0.2) is 30.3 Å². The van der Waals surface area contributed by atoms with Gasteiger partial charge in [0.15, 0.2) is 0 Å².